The number of hydrogen-bond acceptors (Lipinski definition) is 3. The van der Waals surface area contributed by atoms with Gasteiger partial charge < -0.3 is 9.84 Å². The van der Waals surface area contributed by atoms with E-state index in [1.807, 2.05) is 18.2 Å². The van der Waals surface area contributed by atoms with Crippen LogP contribution in [-0.2, 0) is 4.79 Å². The minimum absolute atomic E-state index is 0.225. The van der Waals surface area contributed by atoms with Crippen LogP contribution in [0.4, 0.5) is 0 Å². The van der Waals surface area contributed by atoms with Gasteiger partial charge in [0.1, 0.15) is 5.75 Å². The Balaban J connectivity index is 2.20. The summed E-state index contributed by atoms with van der Waals surface area (Å²) in [5.74, 6) is 0.635. The van der Waals surface area contributed by atoms with E-state index in [1.165, 1.54) is 5.56 Å². The Bertz CT molecular complexity index is 487. The number of benzene rings is 1. The molecule has 0 bridgehead atoms. The van der Waals surface area contributed by atoms with Gasteiger partial charge in [-0.25, -0.2) is 0 Å². The third-order valence-corrected chi connectivity index (χ3v) is 4.11. The molecule has 2 rings (SSSR count). The second kappa shape index (κ2) is 6.94. The summed E-state index contributed by atoms with van der Waals surface area (Å²) in [6.07, 6.45) is 0.905. The fourth-order valence-corrected chi connectivity index (χ4v) is 3.11. The summed E-state index contributed by atoms with van der Waals surface area (Å²) < 4.78 is 5.82. The Morgan fingerprint density at radius 3 is 2.81 bits per heavy atom. The van der Waals surface area contributed by atoms with Crippen molar-refractivity contribution in [3.8, 4) is 5.75 Å². The van der Waals surface area contributed by atoms with Crippen molar-refractivity contribution in [2.45, 2.75) is 45.7 Å². The van der Waals surface area contributed by atoms with Crippen molar-refractivity contribution in [3.63, 3.8) is 0 Å². The SMILES string of the molecule is CC1COc2ccccc2C1N(CCCC(=O)O)C(C)C. The molecule has 0 saturated carbocycles. The average Bonchev–Trinajstić information content (AvgIpc) is 2.44. The lowest BCUT2D eigenvalue weighted by molar-refractivity contribution is -0.137. The van der Waals surface area contributed by atoms with Crippen LogP contribution in [-0.4, -0.2) is 35.2 Å². The second-order valence-electron chi connectivity index (χ2n) is 6.10. The molecule has 21 heavy (non-hydrogen) atoms. The molecule has 1 aromatic rings. The third kappa shape index (κ3) is 3.76. The molecule has 2 unspecified atom stereocenters. The van der Waals surface area contributed by atoms with Gasteiger partial charge in [-0.05, 0) is 32.9 Å². The van der Waals surface area contributed by atoms with E-state index in [1.54, 1.807) is 0 Å². The number of rotatable bonds is 6. The fraction of sp³-hybridized carbons (Fsp3) is 0.588. The van der Waals surface area contributed by atoms with Crippen molar-refractivity contribution in [3.05, 3.63) is 29.8 Å². The summed E-state index contributed by atoms with van der Waals surface area (Å²) in [6.45, 7) is 8.06. The van der Waals surface area contributed by atoms with E-state index >= 15 is 0 Å². The molecule has 1 heterocycles. The molecule has 4 nitrogen and oxygen atoms in total. The first kappa shape index (κ1) is 15.8. The van der Waals surface area contributed by atoms with Gasteiger partial charge in [-0.1, -0.05) is 25.1 Å². The lowest BCUT2D eigenvalue weighted by atomic mass is 9.89. The summed E-state index contributed by atoms with van der Waals surface area (Å²) in [5, 5.41) is 8.85. The molecule has 4 heteroatoms. The molecule has 116 valence electrons. The molecule has 0 amide bonds. The van der Waals surface area contributed by atoms with Gasteiger partial charge >= 0.3 is 5.97 Å². The minimum Gasteiger partial charge on any atom is -0.493 e. The number of aliphatic carboxylic acids is 1. The van der Waals surface area contributed by atoms with Crippen molar-refractivity contribution in [2.24, 2.45) is 5.92 Å². The molecule has 0 spiro atoms. The number of carboxylic acid groups (broad SMARTS) is 1. The van der Waals surface area contributed by atoms with Crippen molar-refractivity contribution in [1.82, 2.24) is 4.90 Å². The lowest BCUT2D eigenvalue weighted by Gasteiger charge is -2.42. The highest BCUT2D eigenvalue weighted by Gasteiger charge is 2.33. The number of fused-ring (bicyclic) bond motifs is 1. The number of nitrogens with zero attached hydrogens (tertiary/aromatic N) is 1. The Morgan fingerprint density at radius 1 is 1.43 bits per heavy atom. The summed E-state index contributed by atoms with van der Waals surface area (Å²) in [5.41, 5.74) is 1.22. The van der Waals surface area contributed by atoms with Crippen molar-refractivity contribution in [2.75, 3.05) is 13.2 Å². The maximum Gasteiger partial charge on any atom is 0.303 e. The molecule has 0 aliphatic carbocycles. The molecular weight excluding hydrogens is 266 g/mol. The first-order valence-corrected chi connectivity index (χ1v) is 7.70. The van der Waals surface area contributed by atoms with E-state index in [0.717, 1.165) is 12.3 Å². The van der Waals surface area contributed by atoms with Gasteiger partial charge in [-0.2, -0.15) is 0 Å². The predicted octanol–water partition coefficient (Wildman–Crippen LogP) is 3.33. The number of hydrogen-bond donors (Lipinski definition) is 1. The van der Waals surface area contributed by atoms with E-state index in [4.69, 9.17) is 9.84 Å². The predicted molar refractivity (Wildman–Crippen MR) is 82.6 cm³/mol. The summed E-state index contributed by atoms with van der Waals surface area (Å²) in [4.78, 5) is 13.2. The van der Waals surface area contributed by atoms with Crippen molar-refractivity contribution in [1.29, 1.82) is 0 Å². The van der Waals surface area contributed by atoms with Crippen LogP contribution < -0.4 is 4.74 Å². The third-order valence-electron chi connectivity index (χ3n) is 4.11. The number of carbonyl (C=O) groups is 1. The topological polar surface area (TPSA) is 49.8 Å². The maximum absolute atomic E-state index is 10.8. The molecule has 0 radical (unpaired) electrons. The first-order chi connectivity index (χ1) is 10.0. The Kier molecular flexibility index (Phi) is 5.23. The highest BCUT2D eigenvalue weighted by molar-refractivity contribution is 5.66. The van der Waals surface area contributed by atoms with Crippen LogP contribution in [0.3, 0.4) is 0 Å². The average molecular weight is 291 g/mol. The Hall–Kier alpha value is -1.55. The van der Waals surface area contributed by atoms with Crippen LogP contribution in [0, 0.1) is 5.92 Å². The van der Waals surface area contributed by atoms with Gasteiger partial charge in [0.05, 0.1) is 6.61 Å². The molecule has 1 aliphatic heterocycles. The van der Waals surface area contributed by atoms with Crippen LogP contribution in [0.25, 0.3) is 0 Å². The number of para-hydroxylation sites is 1. The molecule has 0 saturated heterocycles. The summed E-state index contributed by atoms with van der Waals surface area (Å²) in [7, 11) is 0. The monoisotopic (exact) mass is 291 g/mol. The van der Waals surface area contributed by atoms with Crippen LogP contribution >= 0.6 is 0 Å². The van der Waals surface area contributed by atoms with Gasteiger partial charge in [-0.15, -0.1) is 0 Å². The quantitative estimate of drug-likeness (QED) is 0.873. The molecule has 2 atom stereocenters. The Morgan fingerprint density at radius 2 is 2.14 bits per heavy atom. The van der Waals surface area contributed by atoms with E-state index in [0.29, 0.717) is 31.0 Å². The molecule has 0 fully saturated rings. The van der Waals surface area contributed by atoms with Crippen LogP contribution in [0.2, 0.25) is 0 Å². The number of ether oxygens (including phenoxy) is 1. The van der Waals surface area contributed by atoms with Crippen molar-refractivity contribution < 1.29 is 14.6 Å². The van der Waals surface area contributed by atoms with Crippen LogP contribution in [0.15, 0.2) is 24.3 Å². The van der Waals surface area contributed by atoms with Gasteiger partial charge in [0, 0.05) is 30.0 Å². The molecular formula is C17H25NO3. The highest BCUT2D eigenvalue weighted by Crippen LogP contribution is 2.40. The Labute approximate surface area is 126 Å². The summed E-state index contributed by atoms with van der Waals surface area (Å²) >= 11 is 0. The van der Waals surface area contributed by atoms with Crippen LogP contribution in [0.5, 0.6) is 5.75 Å². The standard InChI is InChI=1S/C17H25NO3/c1-12(2)18(10-6-9-16(19)20)17-13(3)11-21-15-8-5-4-7-14(15)17/h4-5,7-8,12-13,17H,6,9-11H2,1-3H3,(H,19,20). The fourth-order valence-electron chi connectivity index (χ4n) is 3.11. The van der Waals surface area contributed by atoms with Gasteiger partial charge in [-0.3, -0.25) is 9.69 Å². The zero-order chi connectivity index (χ0) is 15.4. The van der Waals surface area contributed by atoms with E-state index < -0.39 is 5.97 Å². The normalized spacial score (nSPS) is 21.2. The van der Waals surface area contributed by atoms with Gasteiger partial charge in [0.2, 0.25) is 0 Å². The number of carboxylic acids is 1. The molecule has 1 N–H and O–H groups in total. The zero-order valence-electron chi connectivity index (χ0n) is 13.1. The highest BCUT2D eigenvalue weighted by atomic mass is 16.5. The van der Waals surface area contributed by atoms with E-state index in [9.17, 15) is 4.79 Å². The van der Waals surface area contributed by atoms with E-state index in [-0.39, 0.29) is 6.42 Å². The molecule has 0 aromatic heterocycles. The van der Waals surface area contributed by atoms with Crippen molar-refractivity contribution >= 4 is 5.97 Å². The lowest BCUT2D eigenvalue weighted by Crippen LogP contribution is -2.42. The molecule has 1 aromatic carbocycles. The maximum atomic E-state index is 10.8. The largest absolute Gasteiger partial charge is 0.493 e. The summed E-state index contributed by atoms with van der Waals surface area (Å²) in [6, 6.07) is 8.85. The van der Waals surface area contributed by atoms with Gasteiger partial charge in [0.15, 0.2) is 0 Å². The van der Waals surface area contributed by atoms with E-state index in [2.05, 4.69) is 31.7 Å². The zero-order valence-corrected chi connectivity index (χ0v) is 13.1. The first-order valence-electron chi connectivity index (χ1n) is 7.70. The van der Waals surface area contributed by atoms with Crippen LogP contribution in [0.1, 0.15) is 45.2 Å². The second-order valence-corrected chi connectivity index (χ2v) is 6.10. The van der Waals surface area contributed by atoms with Gasteiger partial charge in [0.25, 0.3) is 0 Å². The smallest absolute Gasteiger partial charge is 0.303 e. The molecule has 1 aliphatic rings. The minimum atomic E-state index is -0.723.